The zero-order valence-corrected chi connectivity index (χ0v) is 6.30. The van der Waals surface area contributed by atoms with Gasteiger partial charge in [0.15, 0.2) is 5.89 Å². The number of hydrogen-bond acceptors (Lipinski definition) is 4. The van der Waals surface area contributed by atoms with Crippen LogP contribution in [0.5, 0.6) is 0 Å². The molecule has 0 N–H and O–H groups in total. The minimum Gasteiger partial charge on any atom is -0.449 e. The molecule has 0 unspecified atom stereocenters. The van der Waals surface area contributed by atoms with E-state index in [2.05, 4.69) is 14.7 Å². The van der Waals surface area contributed by atoms with E-state index in [-0.39, 0.29) is 0 Å². The molecule has 4 heteroatoms. The minimum absolute atomic E-state index is 0.638. The molecule has 0 aromatic carbocycles. The van der Waals surface area contributed by atoms with E-state index in [1.807, 2.05) is 6.42 Å². The van der Waals surface area contributed by atoms with E-state index in [1.165, 1.54) is 6.26 Å². The van der Waals surface area contributed by atoms with Gasteiger partial charge in [0.1, 0.15) is 12.5 Å². The van der Waals surface area contributed by atoms with E-state index in [4.69, 9.17) is 4.42 Å². The second-order valence-electron chi connectivity index (χ2n) is 2.26. The van der Waals surface area contributed by atoms with Crippen LogP contribution in [0.25, 0.3) is 0 Å². The summed E-state index contributed by atoms with van der Waals surface area (Å²) in [6.45, 7) is 0. The van der Waals surface area contributed by atoms with Crippen LogP contribution in [0, 0.1) is 6.42 Å². The van der Waals surface area contributed by atoms with Crippen LogP contribution in [0.1, 0.15) is 11.6 Å². The molecule has 0 atom stereocenters. The van der Waals surface area contributed by atoms with Crippen molar-refractivity contribution in [2.45, 2.75) is 6.42 Å². The summed E-state index contributed by atoms with van der Waals surface area (Å²) in [5, 5.41) is 3.72. The van der Waals surface area contributed by atoms with Crippen LogP contribution in [0.15, 0.2) is 33.7 Å². The van der Waals surface area contributed by atoms with Crippen molar-refractivity contribution in [2.75, 3.05) is 0 Å². The predicted molar refractivity (Wildman–Crippen MR) is 40.1 cm³/mol. The minimum atomic E-state index is 0.638. The summed E-state index contributed by atoms with van der Waals surface area (Å²) in [4.78, 5) is 3.96. The van der Waals surface area contributed by atoms with Crippen molar-refractivity contribution in [2.24, 2.45) is 0 Å². The summed E-state index contributed by atoms with van der Waals surface area (Å²) in [5.74, 6) is 0.679. The van der Waals surface area contributed by atoms with Crippen molar-refractivity contribution in [3.05, 3.63) is 42.8 Å². The average Bonchev–Trinajstić information content (AvgIpc) is 2.74. The third-order valence-electron chi connectivity index (χ3n) is 1.43. The molecule has 1 radical (unpaired) electrons. The molecule has 0 saturated carbocycles. The van der Waals surface area contributed by atoms with Crippen LogP contribution in [-0.4, -0.2) is 10.1 Å². The quantitative estimate of drug-likeness (QED) is 0.687. The molecule has 0 aliphatic heterocycles. The number of nitrogens with zero attached hydrogens (tertiary/aromatic N) is 2. The summed E-state index contributed by atoms with van der Waals surface area (Å²) in [5.41, 5.74) is 0.799. The third-order valence-corrected chi connectivity index (χ3v) is 1.43. The van der Waals surface area contributed by atoms with E-state index in [1.54, 1.807) is 18.5 Å². The van der Waals surface area contributed by atoms with Crippen LogP contribution >= 0.6 is 0 Å². The van der Waals surface area contributed by atoms with Gasteiger partial charge in [-0.2, -0.15) is 0 Å². The van der Waals surface area contributed by atoms with Gasteiger partial charge in [-0.15, -0.1) is 0 Å². The van der Waals surface area contributed by atoms with Gasteiger partial charge in [0.25, 0.3) is 0 Å². The largest absolute Gasteiger partial charge is 0.449 e. The number of rotatable bonds is 3. The summed E-state index contributed by atoms with van der Waals surface area (Å²) in [6, 6.07) is 1.78. The maximum atomic E-state index is 5.03. The first kappa shape index (κ1) is 7.09. The fourth-order valence-corrected chi connectivity index (χ4v) is 0.873. The lowest BCUT2D eigenvalue weighted by atomic mass is 10.2. The highest BCUT2D eigenvalue weighted by molar-refractivity contribution is 5.10. The Bertz CT molecular complexity index is 278. The fraction of sp³-hybridized carbons (Fsp3) is 0.125. The molecule has 0 fully saturated rings. The highest BCUT2D eigenvalue weighted by atomic mass is 16.5. The first-order chi connectivity index (χ1) is 5.95. The van der Waals surface area contributed by atoms with Gasteiger partial charge in [-0.25, -0.2) is 4.98 Å². The van der Waals surface area contributed by atoms with Crippen LogP contribution in [0.2, 0.25) is 0 Å². The first-order valence-electron chi connectivity index (χ1n) is 3.57. The topological polar surface area (TPSA) is 52.1 Å². The lowest BCUT2D eigenvalue weighted by Crippen LogP contribution is -1.87. The smallest absolute Gasteiger partial charge is 0.194 e. The van der Waals surface area contributed by atoms with Crippen LogP contribution in [-0.2, 0) is 6.42 Å². The molecule has 0 amide bonds. The third kappa shape index (κ3) is 1.53. The zero-order valence-electron chi connectivity index (χ0n) is 6.30. The number of oxazole rings is 1. The van der Waals surface area contributed by atoms with E-state index in [0.29, 0.717) is 12.3 Å². The molecule has 2 heterocycles. The maximum absolute atomic E-state index is 5.03. The van der Waals surface area contributed by atoms with Crippen molar-refractivity contribution >= 4 is 0 Å². The highest BCUT2D eigenvalue weighted by Gasteiger charge is 2.01. The SMILES string of the molecule is [CH](Cc1ncco1)c1ccon1. The summed E-state index contributed by atoms with van der Waals surface area (Å²) in [7, 11) is 0. The zero-order chi connectivity index (χ0) is 8.23. The molecule has 2 aromatic heterocycles. The predicted octanol–water partition coefficient (Wildman–Crippen LogP) is 1.46. The Morgan fingerprint density at radius 3 is 3.08 bits per heavy atom. The Morgan fingerprint density at radius 1 is 1.42 bits per heavy atom. The van der Waals surface area contributed by atoms with Gasteiger partial charge in [-0.05, 0) is 0 Å². The molecule has 0 spiro atoms. The maximum Gasteiger partial charge on any atom is 0.194 e. The lowest BCUT2D eigenvalue weighted by molar-refractivity contribution is 0.415. The Labute approximate surface area is 69.2 Å². The normalized spacial score (nSPS) is 10.3. The second-order valence-corrected chi connectivity index (χ2v) is 2.26. The van der Waals surface area contributed by atoms with Gasteiger partial charge in [-0.3, -0.25) is 0 Å². The van der Waals surface area contributed by atoms with Crippen molar-refractivity contribution in [1.29, 1.82) is 0 Å². The molecule has 12 heavy (non-hydrogen) atoms. The first-order valence-corrected chi connectivity index (χ1v) is 3.57. The van der Waals surface area contributed by atoms with E-state index in [9.17, 15) is 0 Å². The van der Waals surface area contributed by atoms with Crippen molar-refractivity contribution in [1.82, 2.24) is 10.1 Å². The van der Waals surface area contributed by atoms with Gasteiger partial charge >= 0.3 is 0 Å². The highest BCUT2D eigenvalue weighted by Crippen LogP contribution is 2.04. The molecule has 2 rings (SSSR count). The Kier molecular flexibility index (Phi) is 1.90. The standard InChI is InChI=1S/C8H7N2O2/c1(7-3-5-12-10-7)2-8-9-4-6-11-8/h1,3-6H,2H2. The van der Waals surface area contributed by atoms with Gasteiger partial charge < -0.3 is 8.94 Å². The van der Waals surface area contributed by atoms with E-state index < -0.39 is 0 Å². The average molecular weight is 163 g/mol. The molecular formula is C8H7N2O2. The van der Waals surface area contributed by atoms with Crippen LogP contribution in [0.3, 0.4) is 0 Å². The van der Waals surface area contributed by atoms with Crippen LogP contribution < -0.4 is 0 Å². The van der Waals surface area contributed by atoms with Gasteiger partial charge in [0.2, 0.25) is 0 Å². The van der Waals surface area contributed by atoms with Crippen molar-refractivity contribution in [3.8, 4) is 0 Å². The molecule has 0 aliphatic rings. The summed E-state index contributed by atoms with van der Waals surface area (Å²) >= 11 is 0. The molecule has 0 saturated heterocycles. The van der Waals surface area contributed by atoms with Gasteiger partial charge in [-0.1, -0.05) is 5.16 Å². The molecule has 0 aliphatic carbocycles. The molecule has 4 nitrogen and oxygen atoms in total. The number of hydrogen-bond donors (Lipinski definition) is 0. The molecule has 61 valence electrons. The summed E-state index contributed by atoms with van der Waals surface area (Å²) < 4.78 is 9.68. The van der Waals surface area contributed by atoms with Gasteiger partial charge in [0, 0.05) is 18.9 Å². The van der Waals surface area contributed by atoms with E-state index >= 15 is 0 Å². The Morgan fingerprint density at radius 2 is 2.42 bits per heavy atom. The molecular weight excluding hydrogens is 156 g/mol. The Balaban J connectivity index is 1.91. The number of aromatic nitrogens is 2. The van der Waals surface area contributed by atoms with Crippen LogP contribution in [0.4, 0.5) is 0 Å². The van der Waals surface area contributed by atoms with E-state index in [0.717, 1.165) is 5.69 Å². The van der Waals surface area contributed by atoms with Crippen molar-refractivity contribution in [3.63, 3.8) is 0 Å². The second kappa shape index (κ2) is 3.21. The fourth-order valence-electron chi connectivity index (χ4n) is 0.873. The Hall–Kier alpha value is -1.58. The summed E-state index contributed by atoms with van der Waals surface area (Å²) in [6.07, 6.45) is 7.22. The monoisotopic (exact) mass is 163 g/mol. The molecule has 0 bridgehead atoms. The van der Waals surface area contributed by atoms with Crippen molar-refractivity contribution < 1.29 is 8.94 Å². The molecule has 2 aromatic rings. The lowest BCUT2D eigenvalue weighted by Gasteiger charge is -1.89. The van der Waals surface area contributed by atoms with Gasteiger partial charge in [0.05, 0.1) is 11.9 Å².